The maximum Gasteiger partial charge on any atom is 0.0998 e. The predicted molar refractivity (Wildman–Crippen MR) is 121 cm³/mol. The lowest BCUT2D eigenvalue weighted by Gasteiger charge is -2.27. The molecule has 0 spiro atoms. The Balaban J connectivity index is 1.90. The molecule has 0 amide bonds. The average Bonchev–Trinajstić information content (AvgIpc) is 2.80. The van der Waals surface area contributed by atoms with Crippen LogP contribution in [0, 0.1) is 11.3 Å². The third-order valence-corrected chi connectivity index (χ3v) is 4.69. The Bertz CT molecular complexity index is 1100. The average molecular weight is 372 g/mol. The molecule has 0 fully saturated rings. The van der Waals surface area contributed by atoms with Crippen molar-refractivity contribution >= 4 is 28.7 Å². The Morgan fingerprint density at radius 1 is 0.621 bits per heavy atom. The molecule has 0 atom stereocenters. The van der Waals surface area contributed by atoms with Gasteiger partial charge < -0.3 is 4.90 Å². The van der Waals surface area contributed by atoms with Crippen molar-refractivity contribution in [1.82, 2.24) is 0 Å². The van der Waals surface area contributed by atoms with Gasteiger partial charge in [0.15, 0.2) is 0 Å². The number of hydrogen-bond acceptors (Lipinski definition) is 2. The second-order valence-electron chi connectivity index (χ2n) is 6.60. The van der Waals surface area contributed by atoms with Crippen molar-refractivity contribution in [1.29, 1.82) is 5.26 Å². The van der Waals surface area contributed by atoms with Crippen LogP contribution in [0.4, 0.5) is 17.1 Å². The van der Waals surface area contributed by atoms with Crippen molar-refractivity contribution in [3.05, 3.63) is 126 Å². The Kier molecular flexibility index (Phi) is 5.50. The van der Waals surface area contributed by atoms with Crippen LogP contribution in [0.3, 0.4) is 0 Å². The van der Waals surface area contributed by atoms with E-state index < -0.39 is 0 Å². The van der Waals surface area contributed by atoms with E-state index in [1.807, 2.05) is 91.0 Å². The van der Waals surface area contributed by atoms with Gasteiger partial charge in [0.05, 0.1) is 17.3 Å². The minimum absolute atomic E-state index is 0.628. The number of para-hydroxylation sites is 3. The Morgan fingerprint density at radius 3 is 1.66 bits per heavy atom. The molecule has 0 N–H and O–H groups in total. The van der Waals surface area contributed by atoms with Gasteiger partial charge in [0.25, 0.3) is 0 Å². The van der Waals surface area contributed by atoms with Gasteiger partial charge in [0, 0.05) is 16.9 Å². The maximum atomic E-state index is 9.95. The summed E-state index contributed by atoms with van der Waals surface area (Å²) in [4.78, 5) is 2.19. The molecule has 0 saturated heterocycles. The van der Waals surface area contributed by atoms with E-state index in [1.165, 1.54) is 0 Å². The predicted octanol–water partition coefficient (Wildman–Crippen LogP) is 7.22. The molecular formula is C27H20N2. The topological polar surface area (TPSA) is 27.0 Å². The number of anilines is 3. The summed E-state index contributed by atoms with van der Waals surface area (Å²) in [5.41, 5.74) is 5.58. The third kappa shape index (κ3) is 4.10. The summed E-state index contributed by atoms with van der Waals surface area (Å²) in [7, 11) is 0. The molecule has 0 aliphatic carbocycles. The first-order chi connectivity index (χ1) is 14.4. The fraction of sp³-hybridized carbons (Fsp3) is 0. The molecule has 4 aromatic carbocycles. The van der Waals surface area contributed by atoms with Gasteiger partial charge >= 0.3 is 0 Å². The number of nitriles is 1. The van der Waals surface area contributed by atoms with Crippen LogP contribution in [-0.2, 0) is 0 Å². The largest absolute Gasteiger partial charge is 0.310 e. The van der Waals surface area contributed by atoms with Gasteiger partial charge in [-0.15, -0.1) is 0 Å². The van der Waals surface area contributed by atoms with Crippen molar-refractivity contribution in [3.8, 4) is 6.07 Å². The van der Waals surface area contributed by atoms with Gasteiger partial charge in [-0.1, -0.05) is 84.9 Å². The third-order valence-electron chi connectivity index (χ3n) is 4.69. The van der Waals surface area contributed by atoms with Crippen LogP contribution in [-0.4, -0.2) is 0 Å². The molecule has 4 rings (SSSR count). The number of benzene rings is 4. The zero-order valence-electron chi connectivity index (χ0n) is 15.9. The molecule has 0 aromatic heterocycles. The summed E-state index contributed by atoms with van der Waals surface area (Å²) in [6.07, 6.45) is 1.94. The van der Waals surface area contributed by atoms with Gasteiger partial charge in [-0.25, -0.2) is 0 Å². The molecule has 138 valence electrons. The number of hydrogen-bond donors (Lipinski definition) is 0. The first-order valence-corrected chi connectivity index (χ1v) is 9.53. The van der Waals surface area contributed by atoms with Gasteiger partial charge in [-0.2, -0.15) is 5.26 Å². The van der Waals surface area contributed by atoms with E-state index in [9.17, 15) is 5.26 Å². The minimum Gasteiger partial charge on any atom is -0.310 e. The van der Waals surface area contributed by atoms with Crippen LogP contribution in [0.1, 0.15) is 11.1 Å². The van der Waals surface area contributed by atoms with Gasteiger partial charge in [-0.05, 0) is 42.0 Å². The molecule has 0 bridgehead atoms. The lowest BCUT2D eigenvalue weighted by molar-refractivity contribution is 1.27. The monoisotopic (exact) mass is 372 g/mol. The van der Waals surface area contributed by atoms with E-state index in [4.69, 9.17) is 0 Å². The standard InChI is InChI=1S/C27H20N2/c28-21-23(20-22-12-4-1-5-13-22)26-18-10-11-19-27(26)29(24-14-6-2-7-15-24)25-16-8-3-9-17-25/h1-20H. The molecule has 0 radical (unpaired) electrons. The number of allylic oxidation sites excluding steroid dienone is 1. The van der Waals surface area contributed by atoms with Crippen molar-refractivity contribution in [2.75, 3.05) is 4.90 Å². The van der Waals surface area contributed by atoms with Crippen LogP contribution < -0.4 is 4.90 Å². The van der Waals surface area contributed by atoms with E-state index in [1.54, 1.807) is 0 Å². The molecular weight excluding hydrogens is 352 g/mol. The Labute approximate surface area is 171 Å². The highest BCUT2D eigenvalue weighted by Gasteiger charge is 2.17. The number of nitrogens with zero attached hydrogens (tertiary/aromatic N) is 2. The van der Waals surface area contributed by atoms with Crippen LogP contribution in [0.2, 0.25) is 0 Å². The van der Waals surface area contributed by atoms with Crippen LogP contribution in [0.5, 0.6) is 0 Å². The van der Waals surface area contributed by atoms with E-state index in [-0.39, 0.29) is 0 Å². The summed E-state index contributed by atoms with van der Waals surface area (Å²) >= 11 is 0. The first kappa shape index (κ1) is 18.3. The van der Waals surface area contributed by atoms with Crippen molar-refractivity contribution < 1.29 is 0 Å². The van der Waals surface area contributed by atoms with Gasteiger partial charge in [-0.3, -0.25) is 0 Å². The normalized spacial score (nSPS) is 10.9. The van der Waals surface area contributed by atoms with E-state index >= 15 is 0 Å². The SMILES string of the molecule is N#CC(=Cc1ccccc1)c1ccccc1N(c1ccccc1)c1ccccc1. The van der Waals surface area contributed by atoms with Crippen molar-refractivity contribution in [2.24, 2.45) is 0 Å². The van der Waals surface area contributed by atoms with Gasteiger partial charge in [0.2, 0.25) is 0 Å². The zero-order valence-corrected chi connectivity index (χ0v) is 15.9. The fourth-order valence-corrected chi connectivity index (χ4v) is 3.36. The molecule has 2 heteroatoms. The van der Waals surface area contributed by atoms with E-state index in [2.05, 4.69) is 41.3 Å². The van der Waals surface area contributed by atoms with Crippen molar-refractivity contribution in [3.63, 3.8) is 0 Å². The summed E-state index contributed by atoms with van der Waals surface area (Å²) < 4.78 is 0. The van der Waals surface area contributed by atoms with Crippen molar-refractivity contribution in [2.45, 2.75) is 0 Å². The van der Waals surface area contributed by atoms with E-state index in [0.717, 1.165) is 28.2 Å². The molecule has 4 aromatic rings. The Hall–Kier alpha value is -4.09. The fourth-order valence-electron chi connectivity index (χ4n) is 3.36. The molecule has 0 unspecified atom stereocenters. The maximum absolute atomic E-state index is 9.95. The summed E-state index contributed by atoms with van der Waals surface area (Å²) in [5, 5.41) is 9.95. The van der Waals surface area contributed by atoms with E-state index in [0.29, 0.717) is 5.57 Å². The highest BCUT2D eigenvalue weighted by Crippen LogP contribution is 2.38. The lowest BCUT2D eigenvalue weighted by atomic mass is 10.0. The highest BCUT2D eigenvalue weighted by atomic mass is 15.1. The zero-order chi connectivity index (χ0) is 19.9. The molecule has 0 heterocycles. The van der Waals surface area contributed by atoms with Crippen LogP contribution in [0.25, 0.3) is 11.6 Å². The number of rotatable bonds is 5. The van der Waals surface area contributed by atoms with Gasteiger partial charge in [0.1, 0.15) is 0 Å². The van der Waals surface area contributed by atoms with Crippen LogP contribution >= 0.6 is 0 Å². The molecule has 0 aliphatic rings. The molecule has 2 nitrogen and oxygen atoms in total. The lowest BCUT2D eigenvalue weighted by Crippen LogP contribution is -2.11. The highest BCUT2D eigenvalue weighted by molar-refractivity contribution is 5.96. The Morgan fingerprint density at radius 2 is 1.10 bits per heavy atom. The smallest absolute Gasteiger partial charge is 0.0998 e. The molecule has 0 aliphatic heterocycles. The molecule has 0 saturated carbocycles. The quantitative estimate of drug-likeness (QED) is 0.273. The minimum atomic E-state index is 0.628. The molecule has 29 heavy (non-hydrogen) atoms. The summed E-state index contributed by atoms with van der Waals surface area (Å²) in [6.45, 7) is 0. The first-order valence-electron chi connectivity index (χ1n) is 9.53. The summed E-state index contributed by atoms with van der Waals surface area (Å²) in [6, 6.07) is 40.8. The second-order valence-corrected chi connectivity index (χ2v) is 6.60. The summed E-state index contributed by atoms with van der Waals surface area (Å²) in [5.74, 6) is 0. The van der Waals surface area contributed by atoms with Crippen LogP contribution in [0.15, 0.2) is 115 Å². The second kappa shape index (κ2) is 8.73.